The zero-order valence-corrected chi connectivity index (χ0v) is 5.22. The van der Waals surface area contributed by atoms with Gasteiger partial charge in [0.2, 0.25) is 0 Å². The number of amides is 2. The van der Waals surface area contributed by atoms with Crippen molar-refractivity contribution in [3.05, 3.63) is 4.91 Å². The van der Waals surface area contributed by atoms with E-state index in [1.54, 1.807) is 0 Å². The third-order valence-electron chi connectivity index (χ3n) is 0.441. The molecule has 0 bridgehead atoms. The van der Waals surface area contributed by atoms with Gasteiger partial charge in [-0.05, 0) is 0 Å². The number of primary amides is 1. The molecule has 0 aromatic carbocycles. The first-order valence-corrected chi connectivity index (χ1v) is 2.04. The highest BCUT2D eigenvalue weighted by Crippen LogP contribution is 1.76. The topological polar surface area (TPSA) is 113 Å². The van der Waals surface area contributed by atoms with Crippen LogP contribution in [0.3, 0.4) is 0 Å². The SMILES string of the molecule is CN(N=O)C(N)=O.O=CO. The average Bonchev–Trinajstić information content (AvgIpc) is 1.88. The summed E-state index contributed by atoms with van der Waals surface area (Å²) in [5.41, 5.74) is 4.54. The molecule has 0 saturated heterocycles. The van der Waals surface area contributed by atoms with Crippen molar-refractivity contribution in [1.82, 2.24) is 5.01 Å². The summed E-state index contributed by atoms with van der Waals surface area (Å²) in [7, 11) is 1.18. The van der Waals surface area contributed by atoms with Crippen LogP contribution in [0.1, 0.15) is 0 Å². The Hall–Kier alpha value is -1.66. The van der Waals surface area contributed by atoms with E-state index >= 15 is 0 Å². The summed E-state index contributed by atoms with van der Waals surface area (Å²) < 4.78 is 0. The van der Waals surface area contributed by atoms with E-state index in [2.05, 4.69) is 11.0 Å². The largest absolute Gasteiger partial charge is 0.483 e. The fourth-order valence-electron chi connectivity index (χ4n) is 0.0402. The highest BCUT2D eigenvalue weighted by atomic mass is 16.3. The van der Waals surface area contributed by atoms with Crippen LogP contribution in [0.15, 0.2) is 5.29 Å². The molecule has 0 radical (unpaired) electrons. The first-order valence-electron chi connectivity index (χ1n) is 2.04. The second-order valence-electron chi connectivity index (χ2n) is 1.05. The van der Waals surface area contributed by atoms with Crippen LogP contribution in [-0.4, -0.2) is 29.7 Å². The first-order chi connectivity index (χ1) is 4.59. The van der Waals surface area contributed by atoms with Crippen molar-refractivity contribution in [2.24, 2.45) is 11.0 Å². The van der Waals surface area contributed by atoms with Crippen LogP contribution in [0.25, 0.3) is 0 Å². The molecule has 0 rings (SSSR count). The molecule has 0 heterocycles. The van der Waals surface area contributed by atoms with Crippen LogP contribution in [0.4, 0.5) is 4.79 Å². The number of rotatable bonds is 1. The average molecular weight is 149 g/mol. The predicted octanol–water partition coefficient (Wildman–Crippen LogP) is -0.621. The van der Waals surface area contributed by atoms with Crippen LogP contribution in [0, 0.1) is 4.91 Å². The van der Waals surface area contributed by atoms with Crippen molar-refractivity contribution in [3.8, 4) is 0 Å². The highest BCUT2D eigenvalue weighted by molar-refractivity contribution is 5.71. The summed E-state index contributed by atoms with van der Waals surface area (Å²) in [6.07, 6.45) is 0. The number of hydrogen-bond acceptors (Lipinski definition) is 4. The molecule has 58 valence electrons. The van der Waals surface area contributed by atoms with Gasteiger partial charge in [-0.2, -0.15) is 5.01 Å². The lowest BCUT2D eigenvalue weighted by atomic mass is 11.0. The van der Waals surface area contributed by atoms with Gasteiger partial charge in [-0.1, -0.05) is 0 Å². The van der Waals surface area contributed by atoms with E-state index in [9.17, 15) is 9.70 Å². The Kier molecular flexibility index (Phi) is 8.20. The van der Waals surface area contributed by atoms with Crippen LogP contribution in [-0.2, 0) is 4.79 Å². The molecule has 0 saturated carbocycles. The van der Waals surface area contributed by atoms with Crippen LogP contribution < -0.4 is 5.73 Å². The first kappa shape index (κ1) is 11.2. The van der Waals surface area contributed by atoms with E-state index < -0.39 is 6.03 Å². The van der Waals surface area contributed by atoms with Gasteiger partial charge in [-0.15, -0.1) is 4.91 Å². The molecule has 2 amide bonds. The standard InChI is InChI=1S/C2H5N3O2.CH2O2/c1-5(4-7)2(3)6;2-1-3/h1H3,(H2,3,6);1H,(H,2,3). The Morgan fingerprint density at radius 3 is 2.10 bits per heavy atom. The van der Waals surface area contributed by atoms with E-state index in [0.717, 1.165) is 0 Å². The quantitative estimate of drug-likeness (QED) is 0.293. The van der Waals surface area contributed by atoms with Gasteiger partial charge in [0.25, 0.3) is 6.47 Å². The second-order valence-corrected chi connectivity index (χ2v) is 1.05. The molecule has 0 fully saturated rings. The second kappa shape index (κ2) is 7.34. The molecule has 0 aromatic heterocycles. The van der Waals surface area contributed by atoms with Crippen LogP contribution in [0.5, 0.6) is 0 Å². The summed E-state index contributed by atoms with van der Waals surface area (Å²) in [6, 6.07) is -0.852. The minimum Gasteiger partial charge on any atom is -0.483 e. The summed E-state index contributed by atoms with van der Waals surface area (Å²) in [5.74, 6) is 0. The van der Waals surface area contributed by atoms with E-state index in [1.807, 2.05) is 0 Å². The third-order valence-corrected chi connectivity index (χ3v) is 0.441. The Bertz CT molecular complexity index is 125. The van der Waals surface area contributed by atoms with Crippen molar-refractivity contribution in [3.63, 3.8) is 0 Å². The molecule has 0 unspecified atom stereocenters. The van der Waals surface area contributed by atoms with E-state index in [-0.39, 0.29) is 6.47 Å². The maximum atomic E-state index is 9.78. The Balaban J connectivity index is 0. The molecular formula is C3H7N3O4. The fraction of sp³-hybridized carbons (Fsp3) is 0.333. The normalized spacial score (nSPS) is 6.50. The molecule has 0 aliphatic rings. The van der Waals surface area contributed by atoms with Crippen molar-refractivity contribution in [2.75, 3.05) is 7.05 Å². The molecule has 0 spiro atoms. The molecule has 0 aliphatic heterocycles. The summed E-state index contributed by atoms with van der Waals surface area (Å²) in [4.78, 5) is 27.5. The molecule has 0 aromatic rings. The fourth-order valence-corrected chi connectivity index (χ4v) is 0.0402. The number of carbonyl (C=O) groups excluding carboxylic acids is 1. The summed E-state index contributed by atoms with van der Waals surface area (Å²) in [6.45, 7) is -0.250. The Morgan fingerprint density at radius 2 is 2.10 bits per heavy atom. The zero-order valence-electron chi connectivity index (χ0n) is 5.22. The molecule has 10 heavy (non-hydrogen) atoms. The third kappa shape index (κ3) is 9.60. The summed E-state index contributed by atoms with van der Waals surface area (Å²) in [5, 5.41) is 9.59. The maximum absolute atomic E-state index is 9.78. The van der Waals surface area contributed by atoms with Gasteiger partial charge in [0.05, 0.1) is 5.29 Å². The number of urea groups is 1. The minimum atomic E-state index is -0.852. The van der Waals surface area contributed by atoms with Gasteiger partial charge in [0.1, 0.15) is 0 Å². The zero-order chi connectivity index (χ0) is 8.57. The minimum absolute atomic E-state index is 0.250. The molecule has 7 nitrogen and oxygen atoms in total. The van der Waals surface area contributed by atoms with Gasteiger partial charge < -0.3 is 10.8 Å². The molecule has 0 aliphatic carbocycles. The van der Waals surface area contributed by atoms with E-state index in [1.165, 1.54) is 7.05 Å². The lowest BCUT2D eigenvalue weighted by Crippen LogP contribution is -2.26. The van der Waals surface area contributed by atoms with Crippen molar-refractivity contribution in [1.29, 1.82) is 0 Å². The lowest BCUT2D eigenvalue weighted by molar-refractivity contribution is -0.122. The smallest absolute Gasteiger partial charge is 0.337 e. The van der Waals surface area contributed by atoms with Gasteiger partial charge in [0, 0.05) is 7.05 Å². The predicted molar refractivity (Wildman–Crippen MR) is 31.8 cm³/mol. The van der Waals surface area contributed by atoms with Crippen molar-refractivity contribution < 1.29 is 14.7 Å². The Morgan fingerprint density at radius 1 is 1.80 bits per heavy atom. The number of nitroso groups, excluding NO2 is 1. The number of nitrogens with two attached hydrogens (primary N) is 1. The van der Waals surface area contributed by atoms with Gasteiger partial charge in [-0.3, -0.25) is 4.79 Å². The molecule has 7 heteroatoms. The van der Waals surface area contributed by atoms with Crippen LogP contribution >= 0.6 is 0 Å². The van der Waals surface area contributed by atoms with Gasteiger partial charge >= 0.3 is 6.03 Å². The van der Waals surface area contributed by atoms with Crippen molar-refractivity contribution in [2.45, 2.75) is 0 Å². The molecular weight excluding hydrogens is 142 g/mol. The van der Waals surface area contributed by atoms with Crippen molar-refractivity contribution >= 4 is 12.5 Å². The van der Waals surface area contributed by atoms with Gasteiger partial charge in [0.15, 0.2) is 0 Å². The van der Waals surface area contributed by atoms with E-state index in [4.69, 9.17) is 9.90 Å². The maximum Gasteiger partial charge on any atom is 0.337 e. The monoisotopic (exact) mass is 149 g/mol. The van der Waals surface area contributed by atoms with E-state index in [0.29, 0.717) is 5.01 Å². The lowest BCUT2D eigenvalue weighted by Gasteiger charge is -1.97. The highest BCUT2D eigenvalue weighted by Gasteiger charge is 1.97. The number of nitrogens with zero attached hydrogens (tertiary/aromatic N) is 2. The van der Waals surface area contributed by atoms with Gasteiger partial charge in [-0.25, -0.2) is 4.79 Å². The Labute approximate surface area is 56.4 Å². The summed E-state index contributed by atoms with van der Waals surface area (Å²) >= 11 is 0. The molecule has 3 N–H and O–H groups in total. The van der Waals surface area contributed by atoms with Crippen LogP contribution in [0.2, 0.25) is 0 Å². The number of carbonyl (C=O) groups is 2. The molecule has 0 atom stereocenters. The number of hydrogen-bond donors (Lipinski definition) is 2. The number of carboxylic acid groups (broad SMARTS) is 1.